The minimum Gasteiger partial charge on any atom is -0.480 e. The van der Waals surface area contributed by atoms with Crippen molar-refractivity contribution in [3.05, 3.63) is 42.2 Å². The lowest BCUT2D eigenvalue weighted by atomic mass is 10.2. The number of carboxylic acid groups (broad SMARTS) is 1. The number of ether oxygens (including phenoxy) is 1. The summed E-state index contributed by atoms with van der Waals surface area (Å²) in [5, 5.41) is 17.7. The van der Waals surface area contributed by atoms with Gasteiger partial charge in [-0.1, -0.05) is 12.1 Å². The van der Waals surface area contributed by atoms with Gasteiger partial charge in [-0.15, -0.1) is 0 Å². The standard InChI is InChI=1S/C13H13N3O4/c17-12(7-9-5-6-14-16-9)15-10-3-1-2-4-11(10)20-8-13(18)19/h1-6H,7-8H2,(H,14,16)(H,15,17)(H,18,19). The second kappa shape index (κ2) is 6.37. The SMILES string of the molecule is O=C(O)COc1ccccc1NC(=O)Cc1ccn[nH]1. The minimum absolute atomic E-state index is 0.146. The van der Waals surface area contributed by atoms with E-state index in [-0.39, 0.29) is 12.3 Å². The van der Waals surface area contributed by atoms with Gasteiger partial charge in [0.1, 0.15) is 5.75 Å². The van der Waals surface area contributed by atoms with Crippen LogP contribution < -0.4 is 10.1 Å². The smallest absolute Gasteiger partial charge is 0.341 e. The number of anilines is 1. The largest absolute Gasteiger partial charge is 0.480 e. The molecule has 7 heteroatoms. The van der Waals surface area contributed by atoms with Crippen molar-refractivity contribution in [1.29, 1.82) is 0 Å². The van der Waals surface area contributed by atoms with Crippen molar-refractivity contribution in [2.24, 2.45) is 0 Å². The lowest BCUT2D eigenvalue weighted by Gasteiger charge is -2.10. The highest BCUT2D eigenvalue weighted by molar-refractivity contribution is 5.93. The van der Waals surface area contributed by atoms with Gasteiger partial charge in [0.15, 0.2) is 6.61 Å². The van der Waals surface area contributed by atoms with Gasteiger partial charge in [-0.05, 0) is 18.2 Å². The molecule has 0 fully saturated rings. The first-order valence-corrected chi connectivity index (χ1v) is 5.87. The normalized spacial score (nSPS) is 10.0. The van der Waals surface area contributed by atoms with Gasteiger partial charge in [0.2, 0.25) is 5.91 Å². The van der Waals surface area contributed by atoms with Crippen molar-refractivity contribution >= 4 is 17.6 Å². The molecular weight excluding hydrogens is 262 g/mol. The molecule has 104 valence electrons. The molecule has 2 aromatic rings. The number of nitrogens with zero attached hydrogens (tertiary/aromatic N) is 1. The average molecular weight is 275 g/mol. The Morgan fingerprint density at radius 3 is 2.80 bits per heavy atom. The van der Waals surface area contributed by atoms with E-state index in [1.165, 1.54) is 0 Å². The third-order valence-corrected chi connectivity index (χ3v) is 2.42. The molecular formula is C13H13N3O4. The van der Waals surface area contributed by atoms with Crippen molar-refractivity contribution < 1.29 is 19.4 Å². The number of benzene rings is 1. The van der Waals surface area contributed by atoms with Crippen molar-refractivity contribution in [2.75, 3.05) is 11.9 Å². The molecule has 7 nitrogen and oxygen atoms in total. The quantitative estimate of drug-likeness (QED) is 0.731. The molecule has 1 aromatic carbocycles. The number of carbonyl (C=O) groups is 2. The van der Waals surface area contributed by atoms with Gasteiger partial charge in [-0.25, -0.2) is 4.79 Å². The number of carbonyl (C=O) groups excluding carboxylic acids is 1. The van der Waals surface area contributed by atoms with Crippen LogP contribution in [0.25, 0.3) is 0 Å². The number of amides is 1. The van der Waals surface area contributed by atoms with E-state index in [0.29, 0.717) is 17.1 Å². The van der Waals surface area contributed by atoms with Crippen LogP contribution in [0, 0.1) is 0 Å². The van der Waals surface area contributed by atoms with Crippen LogP contribution in [0.15, 0.2) is 36.5 Å². The zero-order chi connectivity index (χ0) is 14.4. The first-order chi connectivity index (χ1) is 9.65. The summed E-state index contributed by atoms with van der Waals surface area (Å²) in [4.78, 5) is 22.3. The first kappa shape index (κ1) is 13.6. The van der Waals surface area contributed by atoms with Crippen LogP contribution in [0.5, 0.6) is 5.75 Å². The Labute approximate surface area is 114 Å². The Bertz CT molecular complexity index is 595. The summed E-state index contributed by atoms with van der Waals surface area (Å²) in [5.74, 6) is -1.02. The molecule has 0 unspecified atom stereocenters. The van der Waals surface area contributed by atoms with E-state index in [4.69, 9.17) is 9.84 Å². The third kappa shape index (κ3) is 3.84. The van der Waals surface area contributed by atoms with E-state index in [1.807, 2.05) is 0 Å². The topological polar surface area (TPSA) is 104 Å². The van der Waals surface area contributed by atoms with E-state index < -0.39 is 12.6 Å². The molecule has 0 saturated carbocycles. The van der Waals surface area contributed by atoms with Crippen LogP contribution in [0.1, 0.15) is 5.69 Å². The second-order valence-corrected chi connectivity index (χ2v) is 3.99. The maximum Gasteiger partial charge on any atom is 0.341 e. The van der Waals surface area contributed by atoms with E-state index in [2.05, 4.69) is 15.5 Å². The van der Waals surface area contributed by atoms with Crippen LogP contribution in [-0.2, 0) is 16.0 Å². The zero-order valence-corrected chi connectivity index (χ0v) is 10.5. The highest BCUT2D eigenvalue weighted by atomic mass is 16.5. The van der Waals surface area contributed by atoms with Crippen molar-refractivity contribution in [3.63, 3.8) is 0 Å². The molecule has 20 heavy (non-hydrogen) atoms. The van der Waals surface area contributed by atoms with Crippen LogP contribution in [0.2, 0.25) is 0 Å². The summed E-state index contributed by atoms with van der Waals surface area (Å²) in [6.45, 7) is -0.465. The van der Waals surface area contributed by atoms with Gasteiger partial charge < -0.3 is 15.2 Å². The highest BCUT2D eigenvalue weighted by Gasteiger charge is 2.10. The molecule has 0 spiro atoms. The van der Waals surface area contributed by atoms with Crippen LogP contribution in [0.4, 0.5) is 5.69 Å². The Hall–Kier alpha value is -2.83. The number of aliphatic carboxylic acids is 1. The highest BCUT2D eigenvalue weighted by Crippen LogP contribution is 2.23. The molecule has 0 radical (unpaired) electrons. The number of para-hydroxylation sites is 2. The number of carboxylic acids is 1. The molecule has 3 N–H and O–H groups in total. The number of hydrogen-bond acceptors (Lipinski definition) is 4. The van der Waals surface area contributed by atoms with Crippen molar-refractivity contribution in [3.8, 4) is 5.75 Å². The van der Waals surface area contributed by atoms with Crippen LogP contribution >= 0.6 is 0 Å². The Morgan fingerprint density at radius 1 is 1.30 bits per heavy atom. The molecule has 0 aliphatic heterocycles. The number of rotatable bonds is 6. The van der Waals surface area contributed by atoms with Gasteiger partial charge >= 0.3 is 5.97 Å². The second-order valence-electron chi connectivity index (χ2n) is 3.99. The summed E-state index contributed by atoms with van der Waals surface area (Å²) in [6.07, 6.45) is 1.71. The zero-order valence-electron chi connectivity index (χ0n) is 10.5. The van der Waals surface area contributed by atoms with E-state index >= 15 is 0 Å². The molecule has 0 saturated heterocycles. The summed E-state index contributed by atoms with van der Waals surface area (Å²) >= 11 is 0. The lowest BCUT2D eigenvalue weighted by molar-refractivity contribution is -0.139. The molecule has 0 aliphatic carbocycles. The molecule has 0 aliphatic rings. The lowest BCUT2D eigenvalue weighted by Crippen LogP contribution is -2.16. The van der Waals surface area contributed by atoms with Gasteiger partial charge in [0, 0.05) is 11.9 Å². The number of nitrogens with one attached hydrogen (secondary N) is 2. The number of aromatic nitrogens is 2. The maximum absolute atomic E-state index is 11.8. The van der Waals surface area contributed by atoms with Gasteiger partial charge in [0.05, 0.1) is 12.1 Å². The monoisotopic (exact) mass is 275 g/mol. The fourth-order valence-electron chi connectivity index (χ4n) is 1.59. The van der Waals surface area contributed by atoms with Crippen LogP contribution in [-0.4, -0.2) is 33.8 Å². The predicted molar refractivity (Wildman–Crippen MR) is 70.5 cm³/mol. The molecule has 0 atom stereocenters. The predicted octanol–water partition coefficient (Wildman–Crippen LogP) is 1.05. The summed E-state index contributed by atoms with van der Waals surface area (Å²) in [7, 11) is 0. The molecule has 0 bridgehead atoms. The van der Waals surface area contributed by atoms with E-state index in [9.17, 15) is 9.59 Å². The summed E-state index contributed by atoms with van der Waals surface area (Å²) in [6, 6.07) is 8.35. The number of H-pyrrole nitrogens is 1. The number of hydrogen-bond donors (Lipinski definition) is 3. The summed E-state index contributed by atoms with van der Waals surface area (Å²) < 4.78 is 5.10. The van der Waals surface area contributed by atoms with Crippen molar-refractivity contribution in [2.45, 2.75) is 6.42 Å². The Kier molecular flexibility index (Phi) is 4.33. The maximum atomic E-state index is 11.8. The first-order valence-electron chi connectivity index (χ1n) is 5.87. The van der Waals surface area contributed by atoms with E-state index in [1.54, 1.807) is 36.5 Å². The van der Waals surface area contributed by atoms with Crippen LogP contribution in [0.3, 0.4) is 0 Å². The van der Waals surface area contributed by atoms with Gasteiger partial charge in [-0.3, -0.25) is 9.89 Å². The molecule has 1 heterocycles. The summed E-state index contributed by atoms with van der Waals surface area (Å²) in [5.41, 5.74) is 1.12. The van der Waals surface area contributed by atoms with Gasteiger partial charge in [0.25, 0.3) is 0 Å². The average Bonchev–Trinajstić information content (AvgIpc) is 2.90. The number of aromatic amines is 1. The fraction of sp³-hybridized carbons (Fsp3) is 0.154. The molecule has 1 aromatic heterocycles. The Balaban J connectivity index is 2.01. The molecule has 1 amide bonds. The van der Waals surface area contributed by atoms with Gasteiger partial charge in [-0.2, -0.15) is 5.10 Å². The minimum atomic E-state index is -1.08. The van der Waals surface area contributed by atoms with Crippen molar-refractivity contribution in [1.82, 2.24) is 10.2 Å². The molecule has 2 rings (SSSR count). The fourth-order valence-corrected chi connectivity index (χ4v) is 1.59. The van der Waals surface area contributed by atoms with E-state index in [0.717, 1.165) is 0 Å². The Morgan fingerprint density at radius 2 is 2.10 bits per heavy atom. The third-order valence-electron chi connectivity index (χ3n) is 2.42.